The van der Waals surface area contributed by atoms with Crippen LogP contribution in [0, 0.1) is 0 Å². The number of ether oxygens (including phenoxy) is 4. The van der Waals surface area contributed by atoms with Gasteiger partial charge >= 0.3 is 5.97 Å². The number of hydrogen-bond donors (Lipinski definition) is 1. The highest BCUT2D eigenvalue weighted by atomic mass is 16.6. The summed E-state index contributed by atoms with van der Waals surface area (Å²) in [4.78, 5) is 12.0. The van der Waals surface area contributed by atoms with Crippen LogP contribution >= 0.6 is 0 Å². The number of nitrogens with one attached hydrogen (secondary N) is 1. The van der Waals surface area contributed by atoms with E-state index in [1.807, 2.05) is 12.1 Å². The summed E-state index contributed by atoms with van der Waals surface area (Å²) in [5.74, 6) is -0.333. The van der Waals surface area contributed by atoms with Gasteiger partial charge in [0.2, 0.25) is 0 Å². The second kappa shape index (κ2) is 17.5. The van der Waals surface area contributed by atoms with Gasteiger partial charge in [-0.15, -0.1) is 0 Å². The Hall–Kier alpha value is -1.63. The number of carbonyl (C=O) groups is 1. The first-order valence-electron chi connectivity index (χ1n) is 10.5. The molecule has 0 atom stereocenters. The molecule has 1 N–H and O–H groups in total. The van der Waals surface area contributed by atoms with E-state index in [0.29, 0.717) is 38.6 Å². The van der Waals surface area contributed by atoms with Crippen LogP contribution in [0.25, 0.3) is 0 Å². The Bertz CT molecular complexity index is 492. The van der Waals surface area contributed by atoms with Crippen molar-refractivity contribution >= 4 is 11.7 Å². The van der Waals surface area contributed by atoms with E-state index in [1.165, 1.54) is 12.8 Å². The summed E-state index contributed by atoms with van der Waals surface area (Å²) in [6.07, 6.45) is 5.80. The van der Waals surface area contributed by atoms with E-state index in [0.717, 1.165) is 38.1 Å². The van der Waals surface area contributed by atoms with Crippen LogP contribution in [0.15, 0.2) is 24.3 Å². The average Bonchev–Trinajstić information content (AvgIpc) is 2.72. The summed E-state index contributed by atoms with van der Waals surface area (Å²) < 4.78 is 21.5. The third-order valence-electron chi connectivity index (χ3n) is 4.08. The van der Waals surface area contributed by atoms with Gasteiger partial charge in [-0.2, -0.15) is 0 Å². The summed E-state index contributed by atoms with van der Waals surface area (Å²) in [7, 11) is 0. The van der Waals surface area contributed by atoms with Crippen molar-refractivity contribution in [3.63, 3.8) is 0 Å². The van der Waals surface area contributed by atoms with Crippen LogP contribution in [-0.2, 0) is 18.9 Å². The van der Waals surface area contributed by atoms with Crippen molar-refractivity contribution in [1.29, 1.82) is 0 Å². The molecule has 0 spiro atoms. The van der Waals surface area contributed by atoms with E-state index < -0.39 is 0 Å². The molecule has 0 saturated heterocycles. The van der Waals surface area contributed by atoms with Crippen molar-refractivity contribution in [1.82, 2.24) is 0 Å². The zero-order chi connectivity index (χ0) is 20.3. The Labute approximate surface area is 169 Å². The molecule has 28 heavy (non-hydrogen) atoms. The Morgan fingerprint density at radius 2 is 1.32 bits per heavy atom. The Balaban J connectivity index is 1.96. The molecular weight excluding hydrogens is 358 g/mol. The first-order chi connectivity index (χ1) is 13.8. The Morgan fingerprint density at radius 3 is 1.93 bits per heavy atom. The molecular formula is C22H37NO5. The number of unbranched alkanes of at least 4 members (excludes halogenated alkanes) is 3. The van der Waals surface area contributed by atoms with Gasteiger partial charge in [0.05, 0.1) is 38.6 Å². The standard InChI is InChI=1S/C22H37NO5/c1-3-5-7-13-25-14-15-26-16-17-27-18-19-28-22(24)20-8-10-21(11-9-20)23-12-6-4-2/h8-11,23H,3-7,12-19H2,1-2H3. The van der Waals surface area contributed by atoms with Crippen molar-refractivity contribution in [3.05, 3.63) is 29.8 Å². The average molecular weight is 396 g/mol. The summed E-state index contributed by atoms with van der Waals surface area (Å²) in [6.45, 7) is 8.85. The molecule has 0 aliphatic heterocycles. The molecule has 0 radical (unpaired) electrons. The molecule has 1 rings (SSSR count). The highest BCUT2D eigenvalue weighted by Crippen LogP contribution is 2.10. The molecule has 0 aromatic heterocycles. The lowest BCUT2D eigenvalue weighted by atomic mass is 10.2. The molecule has 0 bridgehead atoms. The van der Waals surface area contributed by atoms with E-state index in [2.05, 4.69) is 19.2 Å². The number of esters is 1. The lowest BCUT2D eigenvalue weighted by molar-refractivity contribution is 0.000212. The van der Waals surface area contributed by atoms with Gasteiger partial charge in [-0.3, -0.25) is 0 Å². The second-order valence-corrected chi connectivity index (χ2v) is 6.54. The van der Waals surface area contributed by atoms with Crippen LogP contribution in [0.3, 0.4) is 0 Å². The van der Waals surface area contributed by atoms with Gasteiger partial charge in [0.25, 0.3) is 0 Å². The Kier molecular flexibility index (Phi) is 15.2. The normalized spacial score (nSPS) is 10.8. The van der Waals surface area contributed by atoms with Crippen LogP contribution in [0.5, 0.6) is 0 Å². The van der Waals surface area contributed by atoms with Crippen LogP contribution in [-0.4, -0.2) is 58.8 Å². The number of carbonyl (C=O) groups excluding carboxylic acids is 1. The molecule has 160 valence electrons. The number of hydrogen-bond acceptors (Lipinski definition) is 6. The molecule has 6 heteroatoms. The molecule has 0 aliphatic rings. The highest BCUT2D eigenvalue weighted by molar-refractivity contribution is 5.89. The van der Waals surface area contributed by atoms with E-state index in [1.54, 1.807) is 12.1 Å². The minimum atomic E-state index is -0.333. The van der Waals surface area contributed by atoms with Crippen LogP contribution in [0.1, 0.15) is 56.3 Å². The fraction of sp³-hybridized carbons (Fsp3) is 0.682. The first-order valence-corrected chi connectivity index (χ1v) is 10.5. The van der Waals surface area contributed by atoms with Gasteiger partial charge in [-0.1, -0.05) is 33.1 Å². The number of benzene rings is 1. The molecule has 0 saturated carbocycles. The number of anilines is 1. The van der Waals surface area contributed by atoms with Crippen molar-refractivity contribution in [3.8, 4) is 0 Å². The maximum atomic E-state index is 12.0. The predicted octanol–water partition coefficient (Wildman–Crippen LogP) is 4.30. The highest BCUT2D eigenvalue weighted by Gasteiger charge is 2.06. The molecule has 0 heterocycles. The largest absolute Gasteiger partial charge is 0.460 e. The van der Waals surface area contributed by atoms with E-state index in [-0.39, 0.29) is 12.6 Å². The van der Waals surface area contributed by atoms with E-state index in [9.17, 15) is 4.79 Å². The minimum Gasteiger partial charge on any atom is -0.460 e. The van der Waals surface area contributed by atoms with E-state index >= 15 is 0 Å². The van der Waals surface area contributed by atoms with E-state index in [4.69, 9.17) is 18.9 Å². The third-order valence-corrected chi connectivity index (χ3v) is 4.08. The molecule has 0 aliphatic carbocycles. The van der Waals surface area contributed by atoms with Gasteiger partial charge in [0.1, 0.15) is 6.61 Å². The molecule has 0 unspecified atom stereocenters. The monoisotopic (exact) mass is 395 g/mol. The molecule has 6 nitrogen and oxygen atoms in total. The zero-order valence-corrected chi connectivity index (χ0v) is 17.5. The second-order valence-electron chi connectivity index (χ2n) is 6.54. The van der Waals surface area contributed by atoms with Crippen molar-refractivity contribution in [2.45, 2.75) is 46.0 Å². The summed E-state index contributed by atoms with van der Waals surface area (Å²) in [6, 6.07) is 7.34. The van der Waals surface area contributed by atoms with Crippen LogP contribution in [0.2, 0.25) is 0 Å². The molecule has 1 aromatic rings. The topological polar surface area (TPSA) is 66.0 Å². The maximum absolute atomic E-state index is 12.0. The van der Waals surface area contributed by atoms with Crippen molar-refractivity contribution in [2.24, 2.45) is 0 Å². The predicted molar refractivity (Wildman–Crippen MR) is 112 cm³/mol. The SMILES string of the molecule is CCCCCOCCOCCOCCOC(=O)c1ccc(NCCCC)cc1. The fourth-order valence-corrected chi connectivity index (χ4v) is 2.41. The third kappa shape index (κ3) is 12.7. The smallest absolute Gasteiger partial charge is 0.338 e. The summed E-state index contributed by atoms with van der Waals surface area (Å²) >= 11 is 0. The van der Waals surface area contributed by atoms with Crippen molar-refractivity contribution < 1.29 is 23.7 Å². The molecule has 1 aromatic carbocycles. The Morgan fingerprint density at radius 1 is 0.750 bits per heavy atom. The zero-order valence-electron chi connectivity index (χ0n) is 17.5. The van der Waals surface area contributed by atoms with Crippen LogP contribution < -0.4 is 5.32 Å². The van der Waals surface area contributed by atoms with Gasteiger partial charge in [-0.05, 0) is 37.1 Å². The summed E-state index contributed by atoms with van der Waals surface area (Å²) in [5.41, 5.74) is 1.56. The fourth-order valence-electron chi connectivity index (χ4n) is 2.41. The van der Waals surface area contributed by atoms with Crippen molar-refractivity contribution in [2.75, 3.05) is 58.1 Å². The number of rotatable bonds is 18. The first kappa shape index (κ1) is 24.4. The molecule has 0 amide bonds. The van der Waals surface area contributed by atoms with Gasteiger partial charge in [0.15, 0.2) is 0 Å². The van der Waals surface area contributed by atoms with Gasteiger partial charge in [-0.25, -0.2) is 4.79 Å². The van der Waals surface area contributed by atoms with Gasteiger partial charge in [0, 0.05) is 18.8 Å². The quantitative estimate of drug-likeness (QED) is 0.295. The lowest BCUT2D eigenvalue weighted by Crippen LogP contribution is -2.14. The van der Waals surface area contributed by atoms with Crippen LogP contribution in [0.4, 0.5) is 5.69 Å². The maximum Gasteiger partial charge on any atom is 0.338 e. The van der Waals surface area contributed by atoms with Gasteiger partial charge < -0.3 is 24.3 Å². The molecule has 0 fully saturated rings. The summed E-state index contributed by atoms with van der Waals surface area (Å²) in [5, 5.41) is 3.32. The minimum absolute atomic E-state index is 0.232. The lowest BCUT2D eigenvalue weighted by Gasteiger charge is -2.08.